The summed E-state index contributed by atoms with van der Waals surface area (Å²) < 4.78 is 0. The Morgan fingerprint density at radius 3 is 2.19 bits per heavy atom. The van der Waals surface area contributed by atoms with Crippen LogP contribution in [0.1, 0.15) is 51.9 Å². The minimum Gasteiger partial charge on any atom is -0.393 e. The van der Waals surface area contributed by atoms with Crippen LogP contribution in [0.4, 0.5) is 0 Å². The summed E-state index contributed by atoms with van der Waals surface area (Å²) in [5.41, 5.74) is 0. The first-order valence-electron chi connectivity index (χ1n) is 7.13. The van der Waals surface area contributed by atoms with Gasteiger partial charge in [0.2, 0.25) is 0 Å². The van der Waals surface area contributed by atoms with E-state index in [2.05, 4.69) is 12.2 Å². The zero-order valence-corrected chi connectivity index (χ0v) is 10.6. The Morgan fingerprint density at radius 2 is 1.56 bits per heavy atom. The Kier molecular flexibility index (Phi) is 4.66. The molecule has 0 amide bonds. The summed E-state index contributed by atoms with van der Waals surface area (Å²) in [7, 11) is 0. The second-order valence-electron chi connectivity index (χ2n) is 6.12. The molecule has 2 rings (SSSR count). The highest BCUT2D eigenvalue weighted by atomic mass is 16.3. The van der Waals surface area contributed by atoms with Crippen molar-refractivity contribution in [2.75, 3.05) is 13.1 Å². The van der Waals surface area contributed by atoms with Crippen LogP contribution in [0.25, 0.3) is 0 Å². The number of nitrogens with one attached hydrogen (secondary N) is 1. The molecule has 2 unspecified atom stereocenters. The minimum absolute atomic E-state index is 0.0117. The predicted molar refractivity (Wildman–Crippen MR) is 67.3 cm³/mol. The van der Waals surface area contributed by atoms with Gasteiger partial charge in [-0.1, -0.05) is 19.8 Å². The molecule has 2 heteroatoms. The zero-order chi connectivity index (χ0) is 11.4. The van der Waals surface area contributed by atoms with Gasteiger partial charge in [0.05, 0.1) is 6.10 Å². The lowest BCUT2D eigenvalue weighted by molar-refractivity contribution is 0.177. The van der Waals surface area contributed by atoms with Gasteiger partial charge < -0.3 is 10.4 Å². The Labute approximate surface area is 99.8 Å². The predicted octanol–water partition coefficient (Wildman–Crippen LogP) is 2.56. The van der Waals surface area contributed by atoms with Gasteiger partial charge in [-0.3, -0.25) is 0 Å². The molecular weight excluding hydrogens is 198 g/mol. The van der Waals surface area contributed by atoms with E-state index in [1.807, 2.05) is 0 Å². The molecule has 0 aliphatic heterocycles. The number of aliphatic hydroxyl groups excluding tert-OH is 1. The van der Waals surface area contributed by atoms with Crippen LogP contribution in [-0.2, 0) is 0 Å². The van der Waals surface area contributed by atoms with Crippen molar-refractivity contribution >= 4 is 0 Å². The Morgan fingerprint density at radius 1 is 0.938 bits per heavy atom. The lowest BCUT2D eigenvalue weighted by Crippen LogP contribution is -2.29. The van der Waals surface area contributed by atoms with Crippen molar-refractivity contribution in [2.24, 2.45) is 17.8 Å². The van der Waals surface area contributed by atoms with Gasteiger partial charge >= 0.3 is 0 Å². The maximum atomic E-state index is 9.45. The number of aliphatic hydroxyl groups is 1. The first-order valence-corrected chi connectivity index (χ1v) is 7.13. The molecule has 2 aliphatic rings. The molecule has 2 fully saturated rings. The molecule has 2 saturated carbocycles. The van der Waals surface area contributed by atoms with Crippen molar-refractivity contribution in [3.63, 3.8) is 0 Å². The molecule has 2 atom stereocenters. The van der Waals surface area contributed by atoms with E-state index in [-0.39, 0.29) is 6.10 Å². The molecule has 0 radical (unpaired) electrons. The van der Waals surface area contributed by atoms with Crippen LogP contribution in [0, 0.1) is 17.8 Å². The molecule has 0 bridgehead atoms. The zero-order valence-electron chi connectivity index (χ0n) is 10.6. The smallest absolute Gasteiger partial charge is 0.0543 e. The standard InChI is InChI=1S/C14H27NO/c1-11-2-4-12(5-3-11)9-15-10-13-6-7-14(16)8-13/h11-16H,2-10H2,1H3. The SMILES string of the molecule is CC1CCC(CNCC2CCC(O)C2)CC1. The van der Waals surface area contributed by atoms with Crippen molar-refractivity contribution in [3.8, 4) is 0 Å². The van der Waals surface area contributed by atoms with Crippen LogP contribution < -0.4 is 5.32 Å². The Balaban J connectivity index is 1.54. The highest BCUT2D eigenvalue weighted by molar-refractivity contribution is 4.77. The summed E-state index contributed by atoms with van der Waals surface area (Å²) in [4.78, 5) is 0. The normalized spacial score (nSPS) is 40.1. The Hall–Kier alpha value is -0.0800. The lowest BCUT2D eigenvalue weighted by Gasteiger charge is -2.26. The third-order valence-corrected chi connectivity index (χ3v) is 4.52. The molecular formula is C14H27NO. The van der Waals surface area contributed by atoms with E-state index in [0.717, 1.165) is 37.1 Å². The van der Waals surface area contributed by atoms with Crippen molar-refractivity contribution < 1.29 is 5.11 Å². The van der Waals surface area contributed by atoms with E-state index < -0.39 is 0 Å². The van der Waals surface area contributed by atoms with Crippen LogP contribution in [0.15, 0.2) is 0 Å². The van der Waals surface area contributed by atoms with E-state index in [1.165, 1.54) is 38.6 Å². The van der Waals surface area contributed by atoms with E-state index in [9.17, 15) is 5.11 Å². The molecule has 0 heterocycles. The van der Waals surface area contributed by atoms with Gasteiger partial charge in [-0.2, -0.15) is 0 Å². The van der Waals surface area contributed by atoms with E-state index in [1.54, 1.807) is 0 Å². The molecule has 0 spiro atoms. The highest BCUT2D eigenvalue weighted by Crippen LogP contribution is 2.28. The molecule has 2 aliphatic carbocycles. The molecule has 0 aromatic rings. The monoisotopic (exact) mass is 225 g/mol. The second kappa shape index (κ2) is 6.02. The number of hydrogen-bond acceptors (Lipinski definition) is 2. The number of hydrogen-bond donors (Lipinski definition) is 2. The van der Waals surface area contributed by atoms with Gasteiger partial charge in [-0.15, -0.1) is 0 Å². The average molecular weight is 225 g/mol. The van der Waals surface area contributed by atoms with Crippen molar-refractivity contribution in [1.29, 1.82) is 0 Å². The molecule has 0 saturated heterocycles. The van der Waals surface area contributed by atoms with Crippen molar-refractivity contribution in [3.05, 3.63) is 0 Å². The summed E-state index contributed by atoms with van der Waals surface area (Å²) in [6, 6.07) is 0. The molecule has 16 heavy (non-hydrogen) atoms. The van der Waals surface area contributed by atoms with Gasteiger partial charge in [0.1, 0.15) is 0 Å². The largest absolute Gasteiger partial charge is 0.393 e. The third kappa shape index (κ3) is 3.74. The van der Waals surface area contributed by atoms with Gasteiger partial charge in [-0.25, -0.2) is 0 Å². The third-order valence-electron chi connectivity index (χ3n) is 4.52. The fourth-order valence-electron chi connectivity index (χ4n) is 3.26. The summed E-state index contributed by atoms with van der Waals surface area (Å²) in [5.74, 6) is 2.61. The van der Waals surface area contributed by atoms with Crippen LogP contribution >= 0.6 is 0 Å². The van der Waals surface area contributed by atoms with Gasteiger partial charge in [0.15, 0.2) is 0 Å². The van der Waals surface area contributed by atoms with Crippen molar-refractivity contribution in [2.45, 2.75) is 58.0 Å². The summed E-state index contributed by atoms with van der Waals surface area (Å²) in [6.45, 7) is 4.71. The second-order valence-corrected chi connectivity index (χ2v) is 6.12. The summed E-state index contributed by atoms with van der Waals surface area (Å²) >= 11 is 0. The van der Waals surface area contributed by atoms with Gasteiger partial charge in [0, 0.05) is 0 Å². The van der Waals surface area contributed by atoms with E-state index in [4.69, 9.17) is 0 Å². The fourth-order valence-corrected chi connectivity index (χ4v) is 3.26. The minimum atomic E-state index is -0.0117. The number of rotatable bonds is 4. The average Bonchev–Trinajstić information content (AvgIpc) is 2.67. The first-order chi connectivity index (χ1) is 7.74. The topological polar surface area (TPSA) is 32.3 Å². The maximum Gasteiger partial charge on any atom is 0.0543 e. The maximum absolute atomic E-state index is 9.45. The Bertz CT molecular complexity index is 199. The van der Waals surface area contributed by atoms with Crippen molar-refractivity contribution in [1.82, 2.24) is 5.32 Å². The van der Waals surface area contributed by atoms with E-state index >= 15 is 0 Å². The van der Waals surface area contributed by atoms with E-state index in [0.29, 0.717) is 0 Å². The lowest BCUT2D eigenvalue weighted by atomic mass is 9.83. The summed E-state index contributed by atoms with van der Waals surface area (Å²) in [5, 5.41) is 13.1. The molecule has 0 aromatic carbocycles. The van der Waals surface area contributed by atoms with Crippen LogP contribution in [-0.4, -0.2) is 24.3 Å². The molecule has 2 nitrogen and oxygen atoms in total. The van der Waals surface area contributed by atoms with Crippen LogP contribution in [0.3, 0.4) is 0 Å². The van der Waals surface area contributed by atoms with Crippen LogP contribution in [0.5, 0.6) is 0 Å². The molecule has 0 aromatic heterocycles. The highest BCUT2D eigenvalue weighted by Gasteiger charge is 2.23. The first kappa shape index (κ1) is 12.4. The van der Waals surface area contributed by atoms with Gasteiger partial charge in [-0.05, 0) is 62.9 Å². The van der Waals surface area contributed by atoms with Gasteiger partial charge in [0.25, 0.3) is 0 Å². The molecule has 94 valence electrons. The quantitative estimate of drug-likeness (QED) is 0.770. The fraction of sp³-hybridized carbons (Fsp3) is 1.00. The molecule has 2 N–H and O–H groups in total. The van der Waals surface area contributed by atoms with Crippen LogP contribution in [0.2, 0.25) is 0 Å². The summed E-state index contributed by atoms with van der Waals surface area (Å²) in [6.07, 6.45) is 8.94.